The molecule has 0 bridgehead atoms. The first-order valence-electron chi connectivity index (χ1n) is 6.52. The van der Waals surface area contributed by atoms with Crippen molar-refractivity contribution in [2.24, 2.45) is 5.84 Å². The first-order valence-corrected chi connectivity index (χ1v) is 6.52. The standard InChI is InChI=1S/C14H21N5/c1-10(2)19-7-5-12(18-19)8-14(17-15)13-4-6-16-9-11(13)3/h4-7,9-10,14,17H,8,15H2,1-3H3. The Morgan fingerprint density at radius 1 is 1.37 bits per heavy atom. The Kier molecular flexibility index (Phi) is 4.29. The molecule has 2 rings (SSSR count). The third kappa shape index (κ3) is 3.19. The van der Waals surface area contributed by atoms with E-state index in [2.05, 4.69) is 29.4 Å². The predicted octanol–water partition coefficient (Wildman–Crippen LogP) is 1.91. The Hall–Kier alpha value is -1.72. The molecule has 2 aromatic rings. The highest BCUT2D eigenvalue weighted by Gasteiger charge is 2.14. The van der Waals surface area contributed by atoms with Gasteiger partial charge in [-0.3, -0.25) is 20.9 Å². The van der Waals surface area contributed by atoms with Crippen LogP contribution in [0.15, 0.2) is 30.7 Å². The van der Waals surface area contributed by atoms with Crippen molar-refractivity contribution in [3.05, 3.63) is 47.5 Å². The summed E-state index contributed by atoms with van der Waals surface area (Å²) in [5, 5.41) is 4.56. The summed E-state index contributed by atoms with van der Waals surface area (Å²) >= 11 is 0. The van der Waals surface area contributed by atoms with Gasteiger partial charge in [-0.1, -0.05) is 0 Å². The van der Waals surface area contributed by atoms with E-state index in [4.69, 9.17) is 5.84 Å². The second-order valence-corrected chi connectivity index (χ2v) is 5.04. The van der Waals surface area contributed by atoms with Gasteiger partial charge in [-0.2, -0.15) is 5.10 Å². The Morgan fingerprint density at radius 3 is 2.74 bits per heavy atom. The van der Waals surface area contributed by atoms with Crippen molar-refractivity contribution in [1.82, 2.24) is 20.2 Å². The van der Waals surface area contributed by atoms with Crippen molar-refractivity contribution in [2.75, 3.05) is 0 Å². The molecule has 5 nitrogen and oxygen atoms in total. The smallest absolute Gasteiger partial charge is 0.0644 e. The van der Waals surface area contributed by atoms with Crippen LogP contribution in [0.1, 0.15) is 42.8 Å². The van der Waals surface area contributed by atoms with Crippen molar-refractivity contribution in [1.29, 1.82) is 0 Å². The van der Waals surface area contributed by atoms with Gasteiger partial charge < -0.3 is 0 Å². The van der Waals surface area contributed by atoms with Crippen LogP contribution in [-0.2, 0) is 6.42 Å². The Labute approximate surface area is 113 Å². The molecule has 3 N–H and O–H groups in total. The van der Waals surface area contributed by atoms with Crippen LogP contribution in [0.3, 0.4) is 0 Å². The summed E-state index contributed by atoms with van der Waals surface area (Å²) in [6.45, 7) is 6.27. The van der Waals surface area contributed by atoms with Gasteiger partial charge in [0.25, 0.3) is 0 Å². The number of nitrogens with zero attached hydrogens (tertiary/aromatic N) is 3. The molecule has 0 aliphatic rings. The zero-order chi connectivity index (χ0) is 13.8. The number of nitrogens with one attached hydrogen (secondary N) is 1. The second kappa shape index (κ2) is 5.95. The number of aryl methyl sites for hydroxylation is 1. The maximum Gasteiger partial charge on any atom is 0.0644 e. The normalized spacial score (nSPS) is 12.9. The molecule has 0 saturated carbocycles. The van der Waals surface area contributed by atoms with E-state index >= 15 is 0 Å². The molecule has 5 heteroatoms. The molecule has 0 aromatic carbocycles. The van der Waals surface area contributed by atoms with Gasteiger partial charge in [-0.25, -0.2) is 0 Å². The Morgan fingerprint density at radius 2 is 2.16 bits per heavy atom. The lowest BCUT2D eigenvalue weighted by Gasteiger charge is -2.17. The predicted molar refractivity (Wildman–Crippen MR) is 75.4 cm³/mol. The van der Waals surface area contributed by atoms with Crippen molar-refractivity contribution >= 4 is 0 Å². The minimum absolute atomic E-state index is 0.0542. The highest BCUT2D eigenvalue weighted by Crippen LogP contribution is 2.20. The average molecular weight is 259 g/mol. The van der Waals surface area contributed by atoms with Gasteiger partial charge in [0.2, 0.25) is 0 Å². The third-order valence-corrected chi connectivity index (χ3v) is 3.25. The summed E-state index contributed by atoms with van der Waals surface area (Å²) < 4.78 is 1.96. The van der Waals surface area contributed by atoms with E-state index in [1.807, 2.05) is 36.1 Å². The van der Waals surface area contributed by atoms with E-state index in [0.717, 1.165) is 23.2 Å². The Balaban J connectivity index is 2.17. The molecule has 2 aromatic heterocycles. The van der Waals surface area contributed by atoms with Gasteiger partial charge in [-0.05, 0) is 44.0 Å². The van der Waals surface area contributed by atoms with Gasteiger partial charge >= 0.3 is 0 Å². The van der Waals surface area contributed by atoms with Crippen LogP contribution in [0.4, 0.5) is 0 Å². The molecular weight excluding hydrogens is 238 g/mol. The van der Waals surface area contributed by atoms with Gasteiger partial charge in [0.05, 0.1) is 11.7 Å². The summed E-state index contributed by atoms with van der Waals surface area (Å²) in [5.41, 5.74) is 6.20. The molecule has 0 spiro atoms. The van der Waals surface area contributed by atoms with Crippen LogP contribution < -0.4 is 11.3 Å². The zero-order valence-electron chi connectivity index (χ0n) is 11.7. The van der Waals surface area contributed by atoms with E-state index in [1.165, 1.54) is 0 Å². The van der Waals surface area contributed by atoms with Crippen LogP contribution in [0, 0.1) is 6.92 Å². The van der Waals surface area contributed by atoms with Crippen LogP contribution in [0.25, 0.3) is 0 Å². The first-order chi connectivity index (χ1) is 9.11. The molecule has 1 atom stereocenters. The topological polar surface area (TPSA) is 68.8 Å². The number of hydrogen-bond acceptors (Lipinski definition) is 4. The zero-order valence-corrected chi connectivity index (χ0v) is 11.7. The maximum atomic E-state index is 5.68. The van der Waals surface area contributed by atoms with E-state index in [1.54, 1.807) is 6.20 Å². The summed E-state index contributed by atoms with van der Waals surface area (Å²) in [6.07, 6.45) is 6.42. The summed E-state index contributed by atoms with van der Waals surface area (Å²) in [4.78, 5) is 4.11. The molecular formula is C14H21N5. The van der Waals surface area contributed by atoms with E-state index in [9.17, 15) is 0 Å². The number of pyridine rings is 1. The number of nitrogens with two attached hydrogens (primary N) is 1. The number of rotatable bonds is 5. The molecule has 0 aliphatic carbocycles. The lowest BCUT2D eigenvalue weighted by molar-refractivity contribution is 0.506. The fourth-order valence-electron chi connectivity index (χ4n) is 2.12. The molecule has 2 heterocycles. The average Bonchev–Trinajstić information content (AvgIpc) is 2.86. The number of aromatic nitrogens is 3. The second-order valence-electron chi connectivity index (χ2n) is 5.04. The highest BCUT2D eigenvalue weighted by molar-refractivity contribution is 5.26. The van der Waals surface area contributed by atoms with Gasteiger partial charge in [0.15, 0.2) is 0 Å². The lowest BCUT2D eigenvalue weighted by atomic mass is 10.00. The molecule has 0 radical (unpaired) electrons. The summed E-state index contributed by atoms with van der Waals surface area (Å²) in [6, 6.07) is 4.47. The first kappa shape index (κ1) is 13.7. The van der Waals surface area contributed by atoms with E-state index < -0.39 is 0 Å². The monoisotopic (exact) mass is 259 g/mol. The largest absolute Gasteiger partial charge is 0.271 e. The Bertz CT molecular complexity index is 532. The van der Waals surface area contributed by atoms with Crippen LogP contribution >= 0.6 is 0 Å². The summed E-state index contributed by atoms with van der Waals surface area (Å²) in [5.74, 6) is 5.68. The van der Waals surface area contributed by atoms with Crippen molar-refractivity contribution in [2.45, 2.75) is 39.3 Å². The molecule has 0 saturated heterocycles. The van der Waals surface area contributed by atoms with Crippen molar-refractivity contribution in [3.63, 3.8) is 0 Å². The maximum absolute atomic E-state index is 5.68. The fourth-order valence-corrected chi connectivity index (χ4v) is 2.12. The molecule has 0 amide bonds. The minimum Gasteiger partial charge on any atom is -0.271 e. The van der Waals surface area contributed by atoms with Crippen molar-refractivity contribution in [3.8, 4) is 0 Å². The van der Waals surface area contributed by atoms with Gasteiger partial charge in [0.1, 0.15) is 0 Å². The third-order valence-electron chi connectivity index (χ3n) is 3.25. The van der Waals surface area contributed by atoms with E-state index in [0.29, 0.717) is 6.04 Å². The lowest BCUT2D eigenvalue weighted by Crippen LogP contribution is -2.30. The molecule has 0 aliphatic heterocycles. The number of hydrazine groups is 1. The van der Waals surface area contributed by atoms with Crippen LogP contribution in [0.5, 0.6) is 0 Å². The van der Waals surface area contributed by atoms with E-state index in [-0.39, 0.29) is 6.04 Å². The quantitative estimate of drug-likeness (QED) is 0.636. The van der Waals surface area contributed by atoms with Gasteiger partial charge in [0, 0.05) is 31.1 Å². The summed E-state index contributed by atoms with van der Waals surface area (Å²) in [7, 11) is 0. The van der Waals surface area contributed by atoms with Crippen LogP contribution in [-0.4, -0.2) is 14.8 Å². The van der Waals surface area contributed by atoms with Crippen molar-refractivity contribution < 1.29 is 0 Å². The van der Waals surface area contributed by atoms with Gasteiger partial charge in [-0.15, -0.1) is 0 Å². The fraction of sp³-hybridized carbons (Fsp3) is 0.429. The highest BCUT2D eigenvalue weighted by atomic mass is 15.3. The minimum atomic E-state index is 0.0542. The van der Waals surface area contributed by atoms with Crippen LogP contribution in [0.2, 0.25) is 0 Å². The molecule has 19 heavy (non-hydrogen) atoms. The molecule has 1 unspecified atom stereocenters. The molecule has 102 valence electrons. The molecule has 0 fully saturated rings. The SMILES string of the molecule is Cc1cnccc1C(Cc1ccn(C(C)C)n1)NN. The number of hydrogen-bond donors (Lipinski definition) is 2.